The van der Waals surface area contributed by atoms with E-state index >= 15 is 0 Å². The number of hydrogen-bond acceptors (Lipinski definition) is 5. The second kappa shape index (κ2) is 8.47. The molecule has 0 unspecified atom stereocenters. The molecule has 4 nitrogen and oxygen atoms in total. The zero-order chi connectivity index (χ0) is 16.8. The van der Waals surface area contributed by atoms with E-state index in [1.54, 1.807) is 25.1 Å². The first-order chi connectivity index (χ1) is 11.0. The smallest absolute Gasteiger partial charge is 0.305 e. The molecule has 0 N–H and O–H groups in total. The van der Waals surface area contributed by atoms with Crippen molar-refractivity contribution in [3.63, 3.8) is 0 Å². The van der Waals surface area contributed by atoms with E-state index < -0.39 is 0 Å². The summed E-state index contributed by atoms with van der Waals surface area (Å²) in [5.74, 6) is -0.392. The Labute approximate surface area is 149 Å². The minimum absolute atomic E-state index is 0.135. The van der Waals surface area contributed by atoms with Gasteiger partial charge in [0.15, 0.2) is 0 Å². The Morgan fingerprint density at radius 1 is 1.48 bits per heavy atom. The van der Waals surface area contributed by atoms with Crippen molar-refractivity contribution in [2.75, 3.05) is 13.2 Å². The highest BCUT2D eigenvalue weighted by molar-refractivity contribution is 8.26. The standard InChI is InChI=1S/C16H16ClNO3S2/c1-2-21-14(19)7-4-8-18-15(20)13(23-16(18)22)10-11-5-3-6-12(17)9-11/h3,5-6,9-10H,2,4,7-8H2,1H3/b13-10-. The van der Waals surface area contributed by atoms with Gasteiger partial charge >= 0.3 is 5.97 Å². The van der Waals surface area contributed by atoms with Crippen molar-refractivity contribution in [3.8, 4) is 0 Å². The third-order valence-corrected chi connectivity index (χ3v) is 4.70. The van der Waals surface area contributed by atoms with Crippen molar-refractivity contribution in [1.82, 2.24) is 4.90 Å². The lowest BCUT2D eigenvalue weighted by molar-refractivity contribution is -0.143. The fourth-order valence-corrected chi connectivity index (χ4v) is 3.56. The number of esters is 1. The normalized spacial score (nSPS) is 16.3. The molecule has 2 rings (SSSR count). The van der Waals surface area contributed by atoms with Crippen molar-refractivity contribution in [1.29, 1.82) is 0 Å². The van der Waals surface area contributed by atoms with Crippen LogP contribution in [0.15, 0.2) is 29.2 Å². The van der Waals surface area contributed by atoms with Crippen LogP contribution in [0.4, 0.5) is 0 Å². The van der Waals surface area contributed by atoms with Crippen molar-refractivity contribution in [2.45, 2.75) is 19.8 Å². The Balaban J connectivity index is 1.98. The van der Waals surface area contributed by atoms with Crippen LogP contribution in [0.1, 0.15) is 25.3 Å². The monoisotopic (exact) mass is 369 g/mol. The van der Waals surface area contributed by atoms with E-state index in [0.29, 0.717) is 33.8 Å². The van der Waals surface area contributed by atoms with E-state index in [9.17, 15) is 9.59 Å². The molecule has 7 heteroatoms. The summed E-state index contributed by atoms with van der Waals surface area (Å²) in [4.78, 5) is 25.8. The summed E-state index contributed by atoms with van der Waals surface area (Å²) in [5.41, 5.74) is 0.851. The van der Waals surface area contributed by atoms with Gasteiger partial charge in [0.25, 0.3) is 5.91 Å². The first-order valence-corrected chi connectivity index (χ1v) is 8.78. The molecule has 1 aromatic rings. The molecule has 1 aliphatic heterocycles. The minimum Gasteiger partial charge on any atom is -0.466 e. The molecule has 1 aromatic carbocycles. The van der Waals surface area contributed by atoms with E-state index in [4.69, 9.17) is 28.6 Å². The SMILES string of the molecule is CCOC(=O)CCCN1C(=O)/C(=C/c2cccc(Cl)c2)SC1=S. The van der Waals surface area contributed by atoms with E-state index in [2.05, 4.69) is 0 Å². The highest BCUT2D eigenvalue weighted by Crippen LogP contribution is 2.33. The van der Waals surface area contributed by atoms with Crippen LogP contribution in [0.2, 0.25) is 5.02 Å². The molecule has 1 fully saturated rings. The molecule has 0 radical (unpaired) electrons. The van der Waals surface area contributed by atoms with E-state index in [-0.39, 0.29) is 18.3 Å². The lowest BCUT2D eigenvalue weighted by Gasteiger charge is -2.13. The number of thioether (sulfide) groups is 1. The van der Waals surface area contributed by atoms with Crippen LogP contribution < -0.4 is 0 Å². The fraction of sp³-hybridized carbons (Fsp3) is 0.312. The molecular formula is C16H16ClNO3S2. The highest BCUT2D eigenvalue weighted by Gasteiger charge is 2.31. The Hall–Kier alpha value is -1.37. The van der Waals surface area contributed by atoms with Gasteiger partial charge < -0.3 is 4.74 Å². The number of thiocarbonyl (C=S) groups is 1. The van der Waals surface area contributed by atoms with Gasteiger partial charge in [-0.1, -0.05) is 47.7 Å². The molecule has 1 amide bonds. The molecule has 122 valence electrons. The highest BCUT2D eigenvalue weighted by atomic mass is 35.5. The maximum Gasteiger partial charge on any atom is 0.305 e. The fourth-order valence-electron chi connectivity index (χ4n) is 2.06. The summed E-state index contributed by atoms with van der Waals surface area (Å²) in [6.45, 7) is 2.54. The lowest BCUT2D eigenvalue weighted by atomic mass is 10.2. The van der Waals surface area contributed by atoms with E-state index in [0.717, 1.165) is 5.56 Å². The number of hydrogen-bond donors (Lipinski definition) is 0. The van der Waals surface area contributed by atoms with Crippen molar-refractivity contribution >= 4 is 57.9 Å². The first-order valence-electron chi connectivity index (χ1n) is 7.18. The Bertz CT molecular complexity index is 660. The number of rotatable bonds is 6. The number of nitrogens with zero attached hydrogens (tertiary/aromatic N) is 1. The van der Waals surface area contributed by atoms with Crippen LogP contribution in [0.3, 0.4) is 0 Å². The summed E-state index contributed by atoms with van der Waals surface area (Å²) < 4.78 is 5.37. The largest absolute Gasteiger partial charge is 0.466 e. The molecule has 0 aliphatic carbocycles. The van der Waals surface area contributed by atoms with Gasteiger partial charge in [0.05, 0.1) is 11.5 Å². The molecular weight excluding hydrogens is 354 g/mol. The Kier molecular flexibility index (Phi) is 6.62. The number of carbonyl (C=O) groups excluding carboxylic acids is 2. The van der Waals surface area contributed by atoms with Crippen LogP contribution in [0.25, 0.3) is 6.08 Å². The maximum absolute atomic E-state index is 12.4. The number of halogens is 1. The third-order valence-electron chi connectivity index (χ3n) is 3.09. The summed E-state index contributed by atoms with van der Waals surface area (Å²) >= 11 is 12.5. The molecule has 0 spiro atoms. The van der Waals surface area contributed by atoms with Crippen molar-refractivity contribution in [2.24, 2.45) is 0 Å². The number of benzene rings is 1. The second-order valence-electron chi connectivity index (χ2n) is 4.80. The minimum atomic E-state index is -0.257. The van der Waals surface area contributed by atoms with Gasteiger partial charge in [0, 0.05) is 18.0 Å². The van der Waals surface area contributed by atoms with Crippen molar-refractivity contribution < 1.29 is 14.3 Å². The molecule has 0 bridgehead atoms. The second-order valence-corrected chi connectivity index (χ2v) is 6.91. The number of ether oxygens (including phenoxy) is 1. The van der Waals surface area contributed by atoms with Gasteiger partial charge in [-0.3, -0.25) is 14.5 Å². The number of amides is 1. The maximum atomic E-state index is 12.4. The van der Waals surface area contributed by atoms with Crippen LogP contribution in [-0.4, -0.2) is 34.2 Å². The molecule has 0 atom stereocenters. The van der Waals surface area contributed by atoms with Crippen LogP contribution >= 0.6 is 35.6 Å². The summed E-state index contributed by atoms with van der Waals surface area (Å²) in [5, 5.41) is 0.615. The summed E-state index contributed by atoms with van der Waals surface area (Å²) in [6.07, 6.45) is 2.57. The summed E-state index contributed by atoms with van der Waals surface area (Å²) in [6, 6.07) is 7.27. The van der Waals surface area contributed by atoms with Crippen molar-refractivity contribution in [3.05, 3.63) is 39.8 Å². The van der Waals surface area contributed by atoms with Gasteiger partial charge in [-0.25, -0.2) is 0 Å². The molecule has 1 saturated heterocycles. The van der Waals surface area contributed by atoms with E-state index in [1.807, 2.05) is 12.1 Å². The van der Waals surface area contributed by atoms with Gasteiger partial charge in [0.2, 0.25) is 0 Å². The molecule has 23 heavy (non-hydrogen) atoms. The van der Waals surface area contributed by atoms with Crippen LogP contribution in [0, 0.1) is 0 Å². The zero-order valence-corrected chi connectivity index (χ0v) is 15.0. The predicted molar refractivity (Wildman–Crippen MR) is 97.2 cm³/mol. The average molecular weight is 370 g/mol. The van der Waals surface area contributed by atoms with Gasteiger partial charge in [-0.05, 0) is 37.1 Å². The average Bonchev–Trinajstić information content (AvgIpc) is 2.75. The lowest BCUT2D eigenvalue weighted by Crippen LogP contribution is -2.29. The topological polar surface area (TPSA) is 46.6 Å². The van der Waals surface area contributed by atoms with Crippen LogP contribution in [-0.2, 0) is 14.3 Å². The zero-order valence-electron chi connectivity index (χ0n) is 12.6. The van der Waals surface area contributed by atoms with E-state index in [1.165, 1.54) is 16.7 Å². The molecule has 0 saturated carbocycles. The number of carbonyl (C=O) groups is 2. The Morgan fingerprint density at radius 2 is 2.26 bits per heavy atom. The van der Waals surface area contributed by atoms with Gasteiger partial charge in [0.1, 0.15) is 4.32 Å². The summed E-state index contributed by atoms with van der Waals surface area (Å²) in [7, 11) is 0. The quantitative estimate of drug-likeness (QED) is 0.432. The Morgan fingerprint density at radius 3 is 2.96 bits per heavy atom. The first kappa shape index (κ1) is 18.0. The van der Waals surface area contributed by atoms with Gasteiger partial charge in [-0.2, -0.15) is 0 Å². The molecule has 1 heterocycles. The van der Waals surface area contributed by atoms with Gasteiger partial charge in [-0.15, -0.1) is 0 Å². The third kappa shape index (κ3) is 5.06. The molecule has 1 aliphatic rings. The predicted octanol–water partition coefficient (Wildman–Crippen LogP) is 3.88. The van der Waals surface area contributed by atoms with Crippen LogP contribution in [0.5, 0.6) is 0 Å². The molecule has 0 aromatic heterocycles.